The molecule has 4 nitrogen and oxygen atoms in total. The fraction of sp³-hybridized carbons (Fsp3) is 0.588. The standard InChI is InChI=1S/C17H24N2O2/c1-18(2)15-9-14-5-3-4-6-16(14)19(10-15)17(20)12-21-11-13-7-8-13/h3-6,13,15H,7-12H2,1-2H3. The normalized spacial score (nSPS) is 21.5. The molecule has 0 spiro atoms. The first-order valence-corrected chi connectivity index (χ1v) is 7.77. The van der Waals surface area contributed by atoms with E-state index >= 15 is 0 Å². The second-order valence-electron chi connectivity index (χ2n) is 6.41. The number of carbonyl (C=O) groups is 1. The van der Waals surface area contributed by atoms with Crippen molar-refractivity contribution in [3.8, 4) is 0 Å². The molecule has 21 heavy (non-hydrogen) atoms. The van der Waals surface area contributed by atoms with Crippen LogP contribution in [0.4, 0.5) is 5.69 Å². The third-order valence-electron chi connectivity index (χ3n) is 4.44. The van der Waals surface area contributed by atoms with Gasteiger partial charge in [0.05, 0.1) is 6.61 Å². The fourth-order valence-electron chi connectivity index (χ4n) is 2.83. The van der Waals surface area contributed by atoms with Crippen molar-refractivity contribution in [2.75, 3.05) is 38.8 Å². The number of para-hydroxylation sites is 1. The molecule has 0 radical (unpaired) electrons. The van der Waals surface area contributed by atoms with E-state index in [2.05, 4.69) is 25.1 Å². The zero-order chi connectivity index (χ0) is 14.8. The quantitative estimate of drug-likeness (QED) is 0.830. The molecule has 1 aromatic carbocycles. The molecular formula is C17H24N2O2. The van der Waals surface area contributed by atoms with E-state index in [1.165, 1.54) is 18.4 Å². The zero-order valence-corrected chi connectivity index (χ0v) is 12.9. The van der Waals surface area contributed by atoms with Crippen molar-refractivity contribution in [1.29, 1.82) is 0 Å². The number of ether oxygens (including phenoxy) is 1. The maximum absolute atomic E-state index is 12.5. The summed E-state index contributed by atoms with van der Waals surface area (Å²) in [6, 6.07) is 8.58. The van der Waals surface area contributed by atoms with Crippen molar-refractivity contribution in [2.24, 2.45) is 5.92 Å². The summed E-state index contributed by atoms with van der Waals surface area (Å²) in [5, 5.41) is 0. The summed E-state index contributed by atoms with van der Waals surface area (Å²) in [5.41, 5.74) is 2.30. The van der Waals surface area contributed by atoms with Crippen LogP contribution in [0.25, 0.3) is 0 Å². The summed E-state index contributed by atoms with van der Waals surface area (Å²) in [7, 11) is 4.15. The SMILES string of the molecule is CN(C)C1Cc2ccccc2N(C(=O)COCC2CC2)C1. The molecule has 3 rings (SSSR count). The highest BCUT2D eigenvalue weighted by molar-refractivity contribution is 5.95. The Kier molecular flexibility index (Phi) is 4.27. The molecule has 1 saturated carbocycles. The van der Waals surface area contributed by atoms with E-state index in [-0.39, 0.29) is 12.5 Å². The number of hydrogen-bond donors (Lipinski definition) is 0. The largest absolute Gasteiger partial charge is 0.371 e. The number of carbonyl (C=O) groups excluding carboxylic acids is 1. The molecule has 0 N–H and O–H groups in total. The van der Waals surface area contributed by atoms with Gasteiger partial charge in [-0.3, -0.25) is 4.79 Å². The molecule has 1 heterocycles. The van der Waals surface area contributed by atoms with Crippen LogP contribution in [-0.4, -0.2) is 50.7 Å². The van der Waals surface area contributed by atoms with Crippen LogP contribution in [0.3, 0.4) is 0 Å². The molecule has 1 aliphatic heterocycles. The smallest absolute Gasteiger partial charge is 0.253 e. The van der Waals surface area contributed by atoms with Gasteiger partial charge in [0, 0.05) is 18.3 Å². The molecule has 0 saturated heterocycles. The first-order valence-electron chi connectivity index (χ1n) is 7.77. The Bertz CT molecular complexity index is 511. The van der Waals surface area contributed by atoms with E-state index in [0.717, 1.165) is 25.3 Å². The summed E-state index contributed by atoms with van der Waals surface area (Å²) in [6.45, 7) is 1.68. The molecule has 1 amide bonds. The Hall–Kier alpha value is -1.39. The second kappa shape index (κ2) is 6.16. The summed E-state index contributed by atoms with van der Waals surface area (Å²) in [5.74, 6) is 0.774. The maximum atomic E-state index is 12.5. The molecule has 1 aromatic rings. The minimum Gasteiger partial charge on any atom is -0.371 e. The lowest BCUT2D eigenvalue weighted by Crippen LogP contribution is -2.49. The fourth-order valence-corrected chi connectivity index (χ4v) is 2.83. The van der Waals surface area contributed by atoms with Crippen LogP contribution < -0.4 is 4.90 Å². The average molecular weight is 288 g/mol. The first kappa shape index (κ1) is 14.5. The van der Waals surface area contributed by atoms with Gasteiger partial charge < -0.3 is 14.5 Å². The summed E-state index contributed by atoms with van der Waals surface area (Å²) in [6.07, 6.45) is 3.50. The molecule has 114 valence electrons. The third kappa shape index (κ3) is 3.44. The number of hydrogen-bond acceptors (Lipinski definition) is 3. The Balaban J connectivity index is 1.70. The Morgan fingerprint density at radius 2 is 2.10 bits per heavy atom. The molecule has 0 aromatic heterocycles. The highest BCUT2D eigenvalue weighted by Crippen LogP contribution is 2.30. The lowest BCUT2D eigenvalue weighted by molar-refractivity contribution is -0.123. The summed E-state index contributed by atoms with van der Waals surface area (Å²) in [4.78, 5) is 16.6. The van der Waals surface area contributed by atoms with Crippen LogP contribution in [0.15, 0.2) is 24.3 Å². The monoisotopic (exact) mass is 288 g/mol. The minimum absolute atomic E-state index is 0.0784. The summed E-state index contributed by atoms with van der Waals surface area (Å²) >= 11 is 0. The van der Waals surface area contributed by atoms with Gasteiger partial charge in [-0.05, 0) is 50.9 Å². The lowest BCUT2D eigenvalue weighted by Gasteiger charge is -2.37. The molecule has 4 heteroatoms. The Labute approximate surface area is 126 Å². The Morgan fingerprint density at radius 3 is 2.81 bits per heavy atom. The van der Waals surface area contributed by atoms with Crippen LogP contribution in [0.1, 0.15) is 18.4 Å². The van der Waals surface area contributed by atoms with Gasteiger partial charge in [0.15, 0.2) is 0 Å². The van der Waals surface area contributed by atoms with Crippen LogP contribution in [0.5, 0.6) is 0 Å². The van der Waals surface area contributed by atoms with E-state index in [0.29, 0.717) is 12.0 Å². The summed E-state index contributed by atoms with van der Waals surface area (Å²) < 4.78 is 5.58. The number of rotatable bonds is 5. The van der Waals surface area contributed by atoms with Crippen molar-refractivity contribution >= 4 is 11.6 Å². The lowest BCUT2D eigenvalue weighted by atomic mass is 9.97. The number of benzene rings is 1. The third-order valence-corrected chi connectivity index (χ3v) is 4.44. The van der Waals surface area contributed by atoms with Crippen molar-refractivity contribution in [3.63, 3.8) is 0 Å². The molecule has 1 aliphatic carbocycles. The molecule has 1 atom stereocenters. The number of fused-ring (bicyclic) bond motifs is 1. The van der Waals surface area contributed by atoms with E-state index in [9.17, 15) is 4.79 Å². The van der Waals surface area contributed by atoms with Crippen molar-refractivity contribution < 1.29 is 9.53 Å². The van der Waals surface area contributed by atoms with Crippen LogP contribution in [0.2, 0.25) is 0 Å². The van der Waals surface area contributed by atoms with Gasteiger partial charge in [-0.15, -0.1) is 0 Å². The van der Waals surface area contributed by atoms with Crippen LogP contribution >= 0.6 is 0 Å². The molecule has 1 unspecified atom stereocenters. The predicted molar refractivity (Wildman–Crippen MR) is 83.5 cm³/mol. The Morgan fingerprint density at radius 1 is 1.33 bits per heavy atom. The van der Waals surface area contributed by atoms with Gasteiger partial charge in [-0.2, -0.15) is 0 Å². The number of anilines is 1. The van der Waals surface area contributed by atoms with Gasteiger partial charge in [-0.25, -0.2) is 0 Å². The maximum Gasteiger partial charge on any atom is 0.253 e. The number of likely N-dealkylation sites (N-methyl/N-ethyl adjacent to an activating group) is 1. The van der Waals surface area contributed by atoms with Gasteiger partial charge in [-0.1, -0.05) is 18.2 Å². The molecular weight excluding hydrogens is 264 g/mol. The van der Waals surface area contributed by atoms with Gasteiger partial charge in [0.1, 0.15) is 6.61 Å². The molecule has 1 fully saturated rings. The van der Waals surface area contributed by atoms with Crippen LogP contribution in [-0.2, 0) is 16.0 Å². The molecule has 0 bridgehead atoms. The van der Waals surface area contributed by atoms with Gasteiger partial charge >= 0.3 is 0 Å². The topological polar surface area (TPSA) is 32.8 Å². The van der Waals surface area contributed by atoms with Crippen molar-refractivity contribution in [1.82, 2.24) is 4.90 Å². The van der Waals surface area contributed by atoms with Gasteiger partial charge in [0.25, 0.3) is 5.91 Å². The molecule has 2 aliphatic rings. The van der Waals surface area contributed by atoms with Crippen molar-refractivity contribution in [2.45, 2.75) is 25.3 Å². The predicted octanol–water partition coefficient (Wildman–Crippen LogP) is 1.93. The zero-order valence-electron chi connectivity index (χ0n) is 12.9. The first-order chi connectivity index (χ1) is 10.1. The number of amides is 1. The van der Waals surface area contributed by atoms with Crippen molar-refractivity contribution in [3.05, 3.63) is 29.8 Å². The van der Waals surface area contributed by atoms with Gasteiger partial charge in [0.2, 0.25) is 0 Å². The van der Waals surface area contributed by atoms with E-state index in [1.54, 1.807) is 0 Å². The minimum atomic E-state index is 0.0784. The van der Waals surface area contributed by atoms with E-state index in [1.807, 2.05) is 23.1 Å². The highest BCUT2D eigenvalue weighted by Gasteiger charge is 2.29. The van der Waals surface area contributed by atoms with E-state index < -0.39 is 0 Å². The van der Waals surface area contributed by atoms with Crippen LogP contribution in [0, 0.1) is 5.92 Å². The average Bonchev–Trinajstić information content (AvgIpc) is 3.30. The second-order valence-corrected chi connectivity index (χ2v) is 6.41. The number of nitrogens with zero attached hydrogens (tertiary/aromatic N) is 2. The van der Waals surface area contributed by atoms with E-state index in [4.69, 9.17) is 4.74 Å². The highest BCUT2D eigenvalue weighted by atomic mass is 16.5.